The Bertz CT molecular complexity index is 965. The summed E-state index contributed by atoms with van der Waals surface area (Å²) in [5.41, 5.74) is 4.56. The number of aryl methyl sites for hydroxylation is 3. The van der Waals surface area contributed by atoms with Gasteiger partial charge in [0.2, 0.25) is 0 Å². The fourth-order valence-corrected chi connectivity index (χ4v) is 2.96. The quantitative estimate of drug-likeness (QED) is 0.670. The highest BCUT2D eigenvalue weighted by molar-refractivity contribution is 5.79. The fourth-order valence-electron chi connectivity index (χ4n) is 2.96. The summed E-state index contributed by atoms with van der Waals surface area (Å²) in [6.45, 7) is 6.43. The summed E-state index contributed by atoms with van der Waals surface area (Å²) < 4.78 is 8.32. The summed E-state index contributed by atoms with van der Waals surface area (Å²) in [4.78, 5) is 24.7. The van der Waals surface area contributed by atoms with E-state index in [1.165, 1.54) is 0 Å². The van der Waals surface area contributed by atoms with Crippen molar-refractivity contribution < 1.29 is 9.53 Å². The monoisotopic (exact) mass is 338 g/mol. The van der Waals surface area contributed by atoms with Crippen LogP contribution in [0.1, 0.15) is 24.5 Å². The number of rotatable bonds is 5. The summed E-state index contributed by atoms with van der Waals surface area (Å²) in [6.07, 6.45) is 0.175. The number of carbonyl (C=O) groups is 1. The van der Waals surface area contributed by atoms with Crippen molar-refractivity contribution in [1.82, 2.24) is 9.13 Å². The van der Waals surface area contributed by atoms with Crippen LogP contribution < -0.4 is 5.69 Å². The van der Waals surface area contributed by atoms with E-state index in [9.17, 15) is 9.59 Å². The summed E-state index contributed by atoms with van der Waals surface area (Å²) in [5.74, 6) is -0.294. The number of esters is 1. The molecule has 0 aliphatic heterocycles. The molecular formula is C20H22N2O3. The van der Waals surface area contributed by atoms with E-state index in [1.807, 2.05) is 56.3 Å². The number of benzene rings is 2. The molecule has 1 aromatic heterocycles. The lowest BCUT2D eigenvalue weighted by Crippen LogP contribution is -2.24. The van der Waals surface area contributed by atoms with E-state index in [1.54, 1.807) is 16.1 Å². The number of aromatic nitrogens is 2. The molecule has 0 bridgehead atoms. The number of nitrogens with zero attached hydrogens (tertiary/aromatic N) is 2. The normalized spacial score (nSPS) is 11.0. The lowest BCUT2D eigenvalue weighted by molar-refractivity contribution is -0.143. The van der Waals surface area contributed by atoms with E-state index in [2.05, 4.69) is 0 Å². The molecule has 0 saturated carbocycles. The van der Waals surface area contributed by atoms with E-state index in [4.69, 9.17) is 4.74 Å². The number of carbonyl (C=O) groups excluding carboxylic acids is 1. The molecule has 3 aromatic rings. The van der Waals surface area contributed by atoms with Gasteiger partial charge in [-0.2, -0.15) is 0 Å². The molecule has 0 unspecified atom stereocenters. The highest BCUT2D eigenvalue weighted by atomic mass is 16.5. The first kappa shape index (κ1) is 17.0. The van der Waals surface area contributed by atoms with Gasteiger partial charge in [0.05, 0.1) is 29.7 Å². The fraction of sp³-hybridized carbons (Fsp3) is 0.300. The van der Waals surface area contributed by atoms with Crippen LogP contribution in [0, 0.1) is 13.8 Å². The van der Waals surface area contributed by atoms with E-state index in [0.717, 1.165) is 27.8 Å². The highest BCUT2D eigenvalue weighted by Crippen LogP contribution is 2.20. The van der Waals surface area contributed by atoms with Crippen molar-refractivity contribution in [3.8, 4) is 5.69 Å². The Morgan fingerprint density at radius 2 is 1.68 bits per heavy atom. The van der Waals surface area contributed by atoms with Crippen LogP contribution in [-0.2, 0) is 16.1 Å². The van der Waals surface area contributed by atoms with Crippen molar-refractivity contribution in [2.45, 2.75) is 33.7 Å². The summed E-state index contributed by atoms with van der Waals surface area (Å²) in [5, 5.41) is 0. The molecule has 25 heavy (non-hydrogen) atoms. The average Bonchev–Trinajstić information content (AvgIpc) is 2.85. The second kappa shape index (κ2) is 6.97. The largest absolute Gasteiger partial charge is 0.466 e. The third kappa shape index (κ3) is 3.36. The van der Waals surface area contributed by atoms with Crippen LogP contribution in [0.15, 0.2) is 47.3 Å². The van der Waals surface area contributed by atoms with Crippen molar-refractivity contribution in [3.63, 3.8) is 0 Å². The molecule has 0 N–H and O–H groups in total. The minimum atomic E-state index is -0.294. The van der Waals surface area contributed by atoms with Gasteiger partial charge in [-0.1, -0.05) is 23.8 Å². The van der Waals surface area contributed by atoms with Crippen LogP contribution in [0.3, 0.4) is 0 Å². The van der Waals surface area contributed by atoms with Crippen molar-refractivity contribution in [1.29, 1.82) is 0 Å². The van der Waals surface area contributed by atoms with Crippen molar-refractivity contribution in [2.24, 2.45) is 0 Å². The number of ether oxygens (including phenoxy) is 1. The van der Waals surface area contributed by atoms with E-state index in [-0.39, 0.29) is 18.1 Å². The van der Waals surface area contributed by atoms with Gasteiger partial charge < -0.3 is 4.74 Å². The predicted octanol–water partition coefficient (Wildman–Crippen LogP) is 3.36. The zero-order valence-electron chi connectivity index (χ0n) is 14.8. The molecule has 5 heteroatoms. The lowest BCUT2D eigenvalue weighted by Gasteiger charge is -2.04. The maximum absolute atomic E-state index is 13.0. The van der Waals surface area contributed by atoms with Crippen LogP contribution in [-0.4, -0.2) is 21.7 Å². The molecule has 1 heterocycles. The Kier molecular flexibility index (Phi) is 4.74. The molecule has 0 atom stereocenters. The van der Waals surface area contributed by atoms with Crippen LogP contribution >= 0.6 is 0 Å². The molecule has 2 aromatic carbocycles. The maximum atomic E-state index is 13.0. The van der Waals surface area contributed by atoms with Gasteiger partial charge in [-0.25, -0.2) is 4.79 Å². The standard InChI is InChI=1S/C20H22N2O3/c1-4-25-19(23)11-12-21-17-10-7-15(3)13-18(17)22(20(21)24)16-8-5-14(2)6-9-16/h5-10,13H,4,11-12H2,1-3H3. The molecule has 0 spiro atoms. The second-order valence-corrected chi connectivity index (χ2v) is 6.15. The summed E-state index contributed by atoms with van der Waals surface area (Å²) >= 11 is 0. The van der Waals surface area contributed by atoms with Crippen LogP contribution in [0.5, 0.6) is 0 Å². The molecule has 0 fully saturated rings. The Hall–Kier alpha value is -2.82. The zero-order valence-corrected chi connectivity index (χ0v) is 14.8. The van der Waals surface area contributed by atoms with E-state index < -0.39 is 0 Å². The molecular weight excluding hydrogens is 316 g/mol. The number of hydrogen-bond acceptors (Lipinski definition) is 3. The van der Waals surface area contributed by atoms with Gasteiger partial charge in [-0.15, -0.1) is 0 Å². The minimum absolute atomic E-state index is 0.145. The number of fused-ring (bicyclic) bond motifs is 1. The van der Waals surface area contributed by atoms with Crippen molar-refractivity contribution in [3.05, 3.63) is 64.1 Å². The smallest absolute Gasteiger partial charge is 0.333 e. The van der Waals surface area contributed by atoms with E-state index >= 15 is 0 Å². The van der Waals surface area contributed by atoms with Gasteiger partial charge in [-0.3, -0.25) is 13.9 Å². The van der Waals surface area contributed by atoms with E-state index in [0.29, 0.717) is 13.2 Å². The molecule has 0 aliphatic carbocycles. The highest BCUT2D eigenvalue weighted by Gasteiger charge is 2.15. The maximum Gasteiger partial charge on any atom is 0.333 e. The average molecular weight is 338 g/mol. The number of imidazole rings is 1. The lowest BCUT2D eigenvalue weighted by atomic mass is 10.2. The molecule has 3 rings (SSSR count). The van der Waals surface area contributed by atoms with Gasteiger partial charge in [0.15, 0.2) is 0 Å². The molecule has 5 nitrogen and oxygen atoms in total. The summed E-state index contributed by atoms with van der Waals surface area (Å²) in [7, 11) is 0. The summed E-state index contributed by atoms with van der Waals surface area (Å²) in [6, 6.07) is 13.8. The van der Waals surface area contributed by atoms with Gasteiger partial charge >= 0.3 is 11.7 Å². The van der Waals surface area contributed by atoms with Gasteiger partial charge in [0.1, 0.15) is 0 Å². The van der Waals surface area contributed by atoms with Gasteiger partial charge in [0.25, 0.3) is 0 Å². The first-order valence-electron chi connectivity index (χ1n) is 8.46. The minimum Gasteiger partial charge on any atom is -0.466 e. The topological polar surface area (TPSA) is 53.2 Å². The first-order valence-corrected chi connectivity index (χ1v) is 8.46. The Labute approximate surface area is 146 Å². The van der Waals surface area contributed by atoms with Crippen LogP contribution in [0.25, 0.3) is 16.7 Å². The molecule has 0 saturated heterocycles. The molecule has 0 amide bonds. The Morgan fingerprint density at radius 3 is 2.36 bits per heavy atom. The second-order valence-electron chi connectivity index (χ2n) is 6.15. The number of hydrogen-bond donors (Lipinski definition) is 0. The van der Waals surface area contributed by atoms with Crippen molar-refractivity contribution in [2.75, 3.05) is 6.61 Å². The van der Waals surface area contributed by atoms with Crippen LogP contribution in [0.4, 0.5) is 0 Å². The third-order valence-corrected chi connectivity index (χ3v) is 4.22. The zero-order chi connectivity index (χ0) is 18.0. The van der Waals surface area contributed by atoms with Gasteiger partial charge in [-0.05, 0) is 50.6 Å². The predicted molar refractivity (Wildman–Crippen MR) is 98.3 cm³/mol. The van der Waals surface area contributed by atoms with Gasteiger partial charge in [0, 0.05) is 6.54 Å². The molecule has 0 radical (unpaired) electrons. The molecule has 0 aliphatic rings. The first-order chi connectivity index (χ1) is 12.0. The Balaban J connectivity index is 2.12. The van der Waals surface area contributed by atoms with Crippen molar-refractivity contribution >= 4 is 17.0 Å². The van der Waals surface area contributed by atoms with Crippen LogP contribution in [0.2, 0.25) is 0 Å². The molecule has 130 valence electrons. The Morgan fingerprint density at radius 1 is 1.00 bits per heavy atom. The third-order valence-electron chi connectivity index (χ3n) is 4.22. The SMILES string of the molecule is CCOC(=O)CCn1c(=O)n(-c2ccc(C)cc2)c2cc(C)ccc21.